The average Bonchev–Trinajstić information content (AvgIpc) is 2.83. The number of rotatable bonds is 3. The van der Waals surface area contributed by atoms with Crippen LogP contribution in [0.3, 0.4) is 0 Å². The molecule has 0 radical (unpaired) electrons. The van der Waals surface area contributed by atoms with Crippen molar-refractivity contribution in [3.8, 4) is 0 Å². The number of nitrogens with two attached hydrogens (primary N) is 1. The van der Waals surface area contributed by atoms with Gasteiger partial charge in [0.1, 0.15) is 0 Å². The topological polar surface area (TPSA) is 46.3 Å². The monoisotopic (exact) mass is 300 g/mol. The zero-order valence-electron chi connectivity index (χ0n) is 11.9. The third kappa shape index (κ3) is 3.56. The second-order valence-corrected chi connectivity index (χ2v) is 5.55. The molecule has 2 rings (SSSR count). The first-order chi connectivity index (χ1) is 9.80. The van der Waals surface area contributed by atoms with Crippen molar-refractivity contribution in [1.82, 2.24) is 4.90 Å². The van der Waals surface area contributed by atoms with E-state index in [0.29, 0.717) is 6.42 Å². The van der Waals surface area contributed by atoms with Gasteiger partial charge in [0.05, 0.1) is 11.5 Å². The van der Waals surface area contributed by atoms with Crippen LogP contribution in [-0.4, -0.2) is 23.9 Å². The van der Waals surface area contributed by atoms with E-state index in [4.69, 9.17) is 5.73 Å². The second kappa shape index (κ2) is 6.05. The number of amides is 1. The Morgan fingerprint density at radius 1 is 1.33 bits per heavy atom. The van der Waals surface area contributed by atoms with Crippen molar-refractivity contribution in [2.24, 2.45) is 11.7 Å². The highest BCUT2D eigenvalue weighted by Crippen LogP contribution is 2.33. The van der Waals surface area contributed by atoms with E-state index in [-0.39, 0.29) is 30.0 Å². The minimum absolute atomic E-state index is 0.0578. The first-order valence-corrected chi connectivity index (χ1v) is 6.96. The number of alkyl halides is 3. The maximum atomic E-state index is 12.9. The van der Waals surface area contributed by atoms with Crippen LogP contribution in [0, 0.1) is 5.92 Å². The molecule has 1 aromatic carbocycles. The van der Waals surface area contributed by atoms with Crippen molar-refractivity contribution in [1.29, 1.82) is 0 Å². The van der Waals surface area contributed by atoms with Crippen LogP contribution in [0.15, 0.2) is 24.3 Å². The molecule has 3 nitrogen and oxygen atoms in total. The molecule has 0 saturated heterocycles. The summed E-state index contributed by atoms with van der Waals surface area (Å²) < 4.78 is 38.8. The van der Waals surface area contributed by atoms with Crippen molar-refractivity contribution in [2.45, 2.75) is 38.0 Å². The summed E-state index contributed by atoms with van der Waals surface area (Å²) in [6.07, 6.45) is -2.01. The van der Waals surface area contributed by atoms with Gasteiger partial charge in [0.15, 0.2) is 0 Å². The van der Waals surface area contributed by atoms with Crippen LogP contribution in [-0.2, 0) is 17.5 Å². The van der Waals surface area contributed by atoms with Gasteiger partial charge in [-0.3, -0.25) is 4.79 Å². The maximum absolute atomic E-state index is 12.9. The smallest absolute Gasteiger partial charge is 0.341 e. The lowest BCUT2D eigenvalue weighted by atomic mass is 10.0. The predicted molar refractivity (Wildman–Crippen MR) is 73.2 cm³/mol. The number of carbonyl (C=O) groups excluding carboxylic acids is 1. The summed E-state index contributed by atoms with van der Waals surface area (Å²) in [5.74, 6) is -0.440. The minimum Gasteiger partial charge on any atom is -0.341 e. The molecule has 1 aliphatic rings. The Morgan fingerprint density at radius 2 is 2.00 bits per heavy atom. The van der Waals surface area contributed by atoms with Gasteiger partial charge in [-0.15, -0.1) is 0 Å². The molecule has 0 bridgehead atoms. The molecule has 0 aliphatic heterocycles. The molecule has 1 aliphatic carbocycles. The molecule has 2 N–H and O–H groups in total. The molecule has 0 aromatic heterocycles. The number of carbonyl (C=O) groups is 1. The fourth-order valence-corrected chi connectivity index (χ4v) is 2.85. The summed E-state index contributed by atoms with van der Waals surface area (Å²) in [6, 6.07) is 5.15. The van der Waals surface area contributed by atoms with E-state index in [1.165, 1.54) is 24.1 Å². The first-order valence-electron chi connectivity index (χ1n) is 6.96. The van der Waals surface area contributed by atoms with Crippen LogP contribution in [0.2, 0.25) is 0 Å². The minimum atomic E-state index is -4.41. The number of benzene rings is 1. The van der Waals surface area contributed by atoms with Crippen LogP contribution < -0.4 is 5.73 Å². The molecule has 0 heterocycles. The highest BCUT2D eigenvalue weighted by atomic mass is 19.4. The number of hydrogen-bond acceptors (Lipinski definition) is 2. The van der Waals surface area contributed by atoms with E-state index in [0.717, 1.165) is 18.9 Å². The van der Waals surface area contributed by atoms with Crippen molar-refractivity contribution in [2.75, 3.05) is 7.05 Å². The van der Waals surface area contributed by atoms with Crippen molar-refractivity contribution in [3.05, 3.63) is 35.4 Å². The quantitative estimate of drug-likeness (QED) is 0.933. The van der Waals surface area contributed by atoms with Gasteiger partial charge in [-0.25, -0.2) is 0 Å². The Kier molecular flexibility index (Phi) is 4.56. The van der Waals surface area contributed by atoms with E-state index in [1.54, 1.807) is 6.07 Å². The Labute approximate surface area is 121 Å². The summed E-state index contributed by atoms with van der Waals surface area (Å²) in [6.45, 7) is -0.0578. The molecule has 0 spiro atoms. The lowest BCUT2D eigenvalue weighted by Gasteiger charge is -2.24. The molecular formula is C15H19F3N2O. The van der Waals surface area contributed by atoms with Gasteiger partial charge < -0.3 is 10.6 Å². The standard InChI is InChI=1S/C15H19F3N2O/c1-20(14(21)11-6-4-8-13(11)19)9-10-5-2-3-7-12(10)15(16,17)18/h2-3,5,7,11,13H,4,6,8-9,19H2,1H3/t11-,13+/m1/s1. The number of hydrogen-bond donors (Lipinski definition) is 1. The van der Waals surface area contributed by atoms with Crippen LogP contribution in [0.4, 0.5) is 13.2 Å². The first kappa shape index (κ1) is 15.8. The summed E-state index contributed by atoms with van der Waals surface area (Å²) in [5, 5.41) is 0. The van der Waals surface area contributed by atoms with E-state index in [1.807, 2.05) is 0 Å². The summed E-state index contributed by atoms with van der Waals surface area (Å²) in [4.78, 5) is 13.6. The van der Waals surface area contributed by atoms with E-state index >= 15 is 0 Å². The molecule has 1 saturated carbocycles. The van der Waals surface area contributed by atoms with E-state index in [9.17, 15) is 18.0 Å². The highest BCUT2D eigenvalue weighted by Gasteiger charge is 2.35. The van der Waals surface area contributed by atoms with Crippen LogP contribution >= 0.6 is 0 Å². The summed E-state index contributed by atoms with van der Waals surface area (Å²) in [5.41, 5.74) is 5.29. The van der Waals surface area contributed by atoms with Crippen LogP contribution in [0.25, 0.3) is 0 Å². The normalized spacial score (nSPS) is 22.3. The van der Waals surface area contributed by atoms with Crippen molar-refractivity contribution in [3.63, 3.8) is 0 Å². The molecule has 6 heteroatoms. The fraction of sp³-hybridized carbons (Fsp3) is 0.533. The third-order valence-corrected chi connectivity index (χ3v) is 3.99. The third-order valence-electron chi connectivity index (χ3n) is 3.99. The van der Waals surface area contributed by atoms with Gasteiger partial charge >= 0.3 is 6.18 Å². The maximum Gasteiger partial charge on any atom is 0.416 e. The lowest BCUT2D eigenvalue weighted by molar-refractivity contribution is -0.140. The Balaban J connectivity index is 2.13. The van der Waals surface area contributed by atoms with Crippen LogP contribution in [0.5, 0.6) is 0 Å². The van der Waals surface area contributed by atoms with Gasteiger partial charge in [0, 0.05) is 19.6 Å². The Hall–Kier alpha value is -1.56. The van der Waals surface area contributed by atoms with Crippen LogP contribution in [0.1, 0.15) is 30.4 Å². The van der Waals surface area contributed by atoms with E-state index in [2.05, 4.69) is 0 Å². The molecular weight excluding hydrogens is 281 g/mol. The molecule has 2 atom stereocenters. The van der Waals surface area contributed by atoms with E-state index < -0.39 is 11.7 Å². The Morgan fingerprint density at radius 3 is 2.57 bits per heavy atom. The molecule has 1 aromatic rings. The number of halogens is 3. The zero-order chi connectivity index (χ0) is 15.6. The summed E-state index contributed by atoms with van der Waals surface area (Å²) >= 11 is 0. The predicted octanol–water partition coefficient (Wildman–Crippen LogP) is 2.79. The summed E-state index contributed by atoms with van der Waals surface area (Å²) in [7, 11) is 1.53. The van der Waals surface area contributed by atoms with Gasteiger partial charge in [-0.05, 0) is 24.5 Å². The SMILES string of the molecule is CN(Cc1ccccc1C(F)(F)F)C(=O)[C@@H]1CCC[C@@H]1N. The van der Waals surface area contributed by atoms with Crippen molar-refractivity contribution < 1.29 is 18.0 Å². The second-order valence-electron chi connectivity index (χ2n) is 5.55. The molecule has 116 valence electrons. The van der Waals surface area contributed by atoms with Gasteiger partial charge in [0.2, 0.25) is 5.91 Å². The largest absolute Gasteiger partial charge is 0.416 e. The highest BCUT2D eigenvalue weighted by molar-refractivity contribution is 5.79. The van der Waals surface area contributed by atoms with Gasteiger partial charge in [-0.1, -0.05) is 24.6 Å². The fourth-order valence-electron chi connectivity index (χ4n) is 2.85. The van der Waals surface area contributed by atoms with Crippen molar-refractivity contribution >= 4 is 5.91 Å². The number of nitrogens with zero attached hydrogens (tertiary/aromatic N) is 1. The molecule has 1 amide bonds. The van der Waals surface area contributed by atoms with Gasteiger partial charge in [-0.2, -0.15) is 13.2 Å². The van der Waals surface area contributed by atoms with Gasteiger partial charge in [0.25, 0.3) is 0 Å². The molecule has 21 heavy (non-hydrogen) atoms. The lowest BCUT2D eigenvalue weighted by Crippen LogP contribution is -2.39. The molecule has 0 unspecified atom stereocenters. The average molecular weight is 300 g/mol. The zero-order valence-corrected chi connectivity index (χ0v) is 11.9. The molecule has 1 fully saturated rings. The Bertz CT molecular complexity index is 516.